The lowest BCUT2D eigenvalue weighted by Crippen LogP contribution is -2.44. The number of aliphatic hydroxyl groups is 1. The SMILES string of the molecule is CCN1CCOC(C(O)c2ccc3cccnc3c2)C1. The van der Waals surface area contributed by atoms with Crippen molar-refractivity contribution in [1.82, 2.24) is 9.88 Å². The largest absolute Gasteiger partial charge is 0.386 e. The number of morpholine rings is 1. The molecular weight excluding hydrogens is 252 g/mol. The lowest BCUT2D eigenvalue weighted by Gasteiger charge is -2.34. The van der Waals surface area contributed by atoms with Crippen molar-refractivity contribution in [2.75, 3.05) is 26.2 Å². The Morgan fingerprint density at radius 1 is 1.45 bits per heavy atom. The number of aliphatic hydroxyl groups excluding tert-OH is 1. The van der Waals surface area contributed by atoms with Crippen LogP contribution < -0.4 is 0 Å². The summed E-state index contributed by atoms with van der Waals surface area (Å²) in [4.78, 5) is 6.64. The summed E-state index contributed by atoms with van der Waals surface area (Å²) in [6, 6.07) is 9.86. The number of ether oxygens (including phenoxy) is 1. The molecule has 4 heteroatoms. The van der Waals surface area contributed by atoms with Crippen molar-refractivity contribution in [3.63, 3.8) is 0 Å². The maximum absolute atomic E-state index is 10.5. The molecule has 1 aliphatic rings. The first-order valence-corrected chi connectivity index (χ1v) is 7.14. The molecule has 1 N–H and O–H groups in total. The molecule has 2 atom stereocenters. The first-order chi connectivity index (χ1) is 9.78. The van der Waals surface area contributed by atoms with Crippen molar-refractivity contribution >= 4 is 10.9 Å². The van der Waals surface area contributed by atoms with E-state index in [0.717, 1.165) is 36.1 Å². The highest BCUT2D eigenvalue weighted by Crippen LogP contribution is 2.24. The van der Waals surface area contributed by atoms with Gasteiger partial charge >= 0.3 is 0 Å². The molecule has 2 heterocycles. The van der Waals surface area contributed by atoms with Gasteiger partial charge in [0.1, 0.15) is 12.2 Å². The predicted octanol–water partition coefficient (Wildman–Crippen LogP) is 1.99. The van der Waals surface area contributed by atoms with E-state index in [2.05, 4.69) is 16.8 Å². The molecule has 0 saturated carbocycles. The molecule has 1 aromatic carbocycles. The summed E-state index contributed by atoms with van der Waals surface area (Å²) in [5.74, 6) is 0. The van der Waals surface area contributed by atoms with Crippen LogP contribution in [0.4, 0.5) is 0 Å². The summed E-state index contributed by atoms with van der Waals surface area (Å²) in [6.45, 7) is 5.53. The van der Waals surface area contributed by atoms with Gasteiger partial charge in [-0.25, -0.2) is 0 Å². The van der Waals surface area contributed by atoms with Gasteiger partial charge in [0.25, 0.3) is 0 Å². The lowest BCUT2D eigenvalue weighted by molar-refractivity contribution is -0.0888. The Balaban J connectivity index is 1.82. The summed E-state index contributed by atoms with van der Waals surface area (Å²) >= 11 is 0. The van der Waals surface area contributed by atoms with E-state index < -0.39 is 6.10 Å². The molecular formula is C16H20N2O2. The normalized spacial score (nSPS) is 22.0. The zero-order valence-electron chi connectivity index (χ0n) is 11.7. The number of hydrogen-bond acceptors (Lipinski definition) is 4. The van der Waals surface area contributed by atoms with Crippen molar-refractivity contribution in [1.29, 1.82) is 0 Å². The minimum atomic E-state index is -0.601. The number of pyridine rings is 1. The second-order valence-electron chi connectivity index (χ2n) is 5.20. The van der Waals surface area contributed by atoms with Crippen LogP contribution in [0.5, 0.6) is 0 Å². The summed E-state index contributed by atoms with van der Waals surface area (Å²) in [5, 5.41) is 11.6. The Labute approximate surface area is 119 Å². The molecule has 1 aromatic heterocycles. The first kappa shape index (κ1) is 13.5. The average molecular weight is 272 g/mol. The van der Waals surface area contributed by atoms with Crippen molar-refractivity contribution in [2.24, 2.45) is 0 Å². The van der Waals surface area contributed by atoms with Gasteiger partial charge in [-0.3, -0.25) is 9.88 Å². The fourth-order valence-corrected chi connectivity index (χ4v) is 2.69. The maximum Gasteiger partial charge on any atom is 0.106 e. The van der Waals surface area contributed by atoms with Crippen LogP contribution >= 0.6 is 0 Å². The number of aromatic nitrogens is 1. The summed E-state index contributed by atoms with van der Waals surface area (Å²) in [7, 11) is 0. The Morgan fingerprint density at radius 3 is 3.20 bits per heavy atom. The van der Waals surface area contributed by atoms with Gasteiger partial charge in [0.2, 0.25) is 0 Å². The smallest absolute Gasteiger partial charge is 0.106 e. The fourth-order valence-electron chi connectivity index (χ4n) is 2.69. The highest BCUT2D eigenvalue weighted by atomic mass is 16.5. The van der Waals surface area contributed by atoms with Crippen LogP contribution in [0.25, 0.3) is 10.9 Å². The van der Waals surface area contributed by atoms with Crippen LogP contribution in [-0.4, -0.2) is 47.3 Å². The molecule has 3 rings (SSSR count). The second kappa shape index (κ2) is 5.87. The van der Waals surface area contributed by atoms with Crippen LogP contribution in [0.1, 0.15) is 18.6 Å². The first-order valence-electron chi connectivity index (χ1n) is 7.14. The van der Waals surface area contributed by atoms with Crippen LogP contribution in [0.15, 0.2) is 36.5 Å². The molecule has 2 unspecified atom stereocenters. The Morgan fingerprint density at radius 2 is 2.35 bits per heavy atom. The Kier molecular flexibility index (Phi) is 3.96. The number of hydrogen-bond donors (Lipinski definition) is 1. The molecule has 4 nitrogen and oxygen atoms in total. The van der Waals surface area contributed by atoms with Gasteiger partial charge in [0.15, 0.2) is 0 Å². The van der Waals surface area contributed by atoms with E-state index in [-0.39, 0.29) is 6.10 Å². The number of likely N-dealkylation sites (N-methyl/N-ethyl adjacent to an activating group) is 1. The van der Waals surface area contributed by atoms with Crippen molar-refractivity contribution in [3.8, 4) is 0 Å². The summed E-state index contributed by atoms with van der Waals surface area (Å²) in [5.41, 5.74) is 1.78. The van der Waals surface area contributed by atoms with Crippen molar-refractivity contribution in [3.05, 3.63) is 42.1 Å². The molecule has 1 aliphatic heterocycles. The molecule has 20 heavy (non-hydrogen) atoms. The minimum Gasteiger partial charge on any atom is -0.386 e. The number of benzene rings is 1. The molecule has 1 saturated heterocycles. The lowest BCUT2D eigenvalue weighted by atomic mass is 10.0. The third-order valence-electron chi connectivity index (χ3n) is 3.95. The minimum absolute atomic E-state index is 0.162. The maximum atomic E-state index is 10.5. The Bertz CT molecular complexity index is 587. The third-order valence-corrected chi connectivity index (χ3v) is 3.95. The van der Waals surface area contributed by atoms with Gasteiger partial charge in [-0.2, -0.15) is 0 Å². The van der Waals surface area contributed by atoms with Gasteiger partial charge in [-0.15, -0.1) is 0 Å². The van der Waals surface area contributed by atoms with Crippen LogP contribution in [0.3, 0.4) is 0 Å². The molecule has 0 bridgehead atoms. The molecule has 0 spiro atoms. The molecule has 0 amide bonds. The third kappa shape index (κ3) is 2.68. The molecule has 0 radical (unpaired) electrons. The van der Waals surface area contributed by atoms with Gasteiger partial charge in [-0.05, 0) is 24.2 Å². The van der Waals surface area contributed by atoms with E-state index >= 15 is 0 Å². The highest BCUT2D eigenvalue weighted by molar-refractivity contribution is 5.78. The van der Waals surface area contributed by atoms with E-state index in [1.165, 1.54) is 0 Å². The predicted molar refractivity (Wildman–Crippen MR) is 78.6 cm³/mol. The van der Waals surface area contributed by atoms with E-state index in [1.807, 2.05) is 30.3 Å². The van der Waals surface area contributed by atoms with Crippen LogP contribution in [0, 0.1) is 0 Å². The summed E-state index contributed by atoms with van der Waals surface area (Å²) in [6.07, 6.45) is 1.01. The molecule has 106 valence electrons. The zero-order valence-corrected chi connectivity index (χ0v) is 11.7. The second-order valence-corrected chi connectivity index (χ2v) is 5.20. The fraction of sp³-hybridized carbons (Fsp3) is 0.438. The van der Waals surface area contributed by atoms with E-state index in [4.69, 9.17) is 4.74 Å². The zero-order chi connectivity index (χ0) is 13.9. The monoisotopic (exact) mass is 272 g/mol. The standard InChI is InChI=1S/C16H20N2O2/c1-2-18-8-9-20-15(11-18)16(19)13-6-5-12-4-3-7-17-14(12)10-13/h3-7,10,15-16,19H,2,8-9,11H2,1H3. The van der Waals surface area contributed by atoms with Crippen LogP contribution in [-0.2, 0) is 4.74 Å². The topological polar surface area (TPSA) is 45.6 Å². The Hall–Kier alpha value is -1.49. The van der Waals surface area contributed by atoms with Crippen LogP contribution in [0.2, 0.25) is 0 Å². The average Bonchev–Trinajstić information content (AvgIpc) is 2.53. The van der Waals surface area contributed by atoms with Crippen molar-refractivity contribution in [2.45, 2.75) is 19.1 Å². The number of fused-ring (bicyclic) bond motifs is 1. The number of rotatable bonds is 3. The summed E-state index contributed by atoms with van der Waals surface area (Å²) < 4.78 is 5.73. The van der Waals surface area contributed by atoms with E-state index in [0.29, 0.717) is 6.61 Å². The van der Waals surface area contributed by atoms with Gasteiger partial charge in [-0.1, -0.05) is 25.1 Å². The quantitative estimate of drug-likeness (QED) is 0.928. The van der Waals surface area contributed by atoms with Crippen molar-refractivity contribution < 1.29 is 9.84 Å². The van der Waals surface area contributed by atoms with Gasteiger partial charge in [0, 0.05) is 24.7 Å². The molecule has 0 aliphatic carbocycles. The van der Waals surface area contributed by atoms with E-state index in [9.17, 15) is 5.11 Å². The van der Waals surface area contributed by atoms with Gasteiger partial charge < -0.3 is 9.84 Å². The van der Waals surface area contributed by atoms with E-state index in [1.54, 1.807) is 6.20 Å². The molecule has 2 aromatic rings. The highest BCUT2D eigenvalue weighted by Gasteiger charge is 2.27. The van der Waals surface area contributed by atoms with Gasteiger partial charge in [0.05, 0.1) is 12.1 Å². The molecule has 1 fully saturated rings. The number of nitrogens with zero attached hydrogens (tertiary/aromatic N) is 2.